The standard InChI is InChI=1S/C14H15N3O4S/c1-16-7-9(6-15-16)10-8-17(4-5-21-10)13(18)11-2-3-12(22-11)14(19)20/h2-3,6-7,10H,4-5,8H2,1H3,(H,19,20). The predicted octanol–water partition coefficient (Wildman–Crippen LogP) is 1.39. The summed E-state index contributed by atoms with van der Waals surface area (Å²) in [7, 11) is 1.83. The average molecular weight is 321 g/mol. The maximum Gasteiger partial charge on any atom is 0.345 e. The lowest BCUT2D eigenvalue weighted by atomic mass is 10.1. The number of ether oxygens (including phenoxy) is 1. The van der Waals surface area contributed by atoms with Crippen LogP contribution in [-0.4, -0.2) is 51.4 Å². The van der Waals surface area contributed by atoms with Crippen molar-refractivity contribution in [2.24, 2.45) is 7.05 Å². The van der Waals surface area contributed by atoms with Gasteiger partial charge in [-0.25, -0.2) is 4.79 Å². The van der Waals surface area contributed by atoms with E-state index in [-0.39, 0.29) is 16.9 Å². The number of carbonyl (C=O) groups excluding carboxylic acids is 1. The summed E-state index contributed by atoms with van der Waals surface area (Å²) < 4.78 is 7.39. The molecule has 1 aliphatic rings. The Morgan fingerprint density at radius 2 is 2.18 bits per heavy atom. The number of amides is 1. The summed E-state index contributed by atoms with van der Waals surface area (Å²) in [5.74, 6) is -1.17. The Morgan fingerprint density at radius 3 is 2.82 bits per heavy atom. The van der Waals surface area contributed by atoms with Crippen molar-refractivity contribution in [1.29, 1.82) is 0 Å². The monoisotopic (exact) mass is 321 g/mol. The van der Waals surface area contributed by atoms with E-state index in [4.69, 9.17) is 9.84 Å². The van der Waals surface area contributed by atoms with Gasteiger partial charge < -0.3 is 14.7 Å². The lowest BCUT2D eigenvalue weighted by Crippen LogP contribution is -2.41. The van der Waals surface area contributed by atoms with Gasteiger partial charge in [0, 0.05) is 25.4 Å². The number of aromatic carboxylic acids is 1. The molecule has 2 aromatic rings. The number of hydrogen-bond donors (Lipinski definition) is 1. The molecular weight excluding hydrogens is 306 g/mol. The Bertz CT molecular complexity index is 709. The van der Waals surface area contributed by atoms with E-state index in [1.807, 2.05) is 13.2 Å². The zero-order valence-electron chi connectivity index (χ0n) is 11.9. The first-order valence-electron chi connectivity index (χ1n) is 6.77. The van der Waals surface area contributed by atoms with Crippen LogP contribution in [-0.2, 0) is 11.8 Å². The van der Waals surface area contributed by atoms with E-state index in [9.17, 15) is 9.59 Å². The number of thiophene rings is 1. The molecule has 0 aliphatic carbocycles. The van der Waals surface area contributed by atoms with Crippen LogP contribution in [0.3, 0.4) is 0 Å². The van der Waals surface area contributed by atoms with Crippen LogP contribution in [0.5, 0.6) is 0 Å². The number of aryl methyl sites for hydroxylation is 1. The third kappa shape index (κ3) is 2.88. The Morgan fingerprint density at radius 1 is 1.41 bits per heavy atom. The molecule has 1 fully saturated rings. The van der Waals surface area contributed by atoms with Crippen LogP contribution < -0.4 is 0 Å². The largest absolute Gasteiger partial charge is 0.477 e. The molecule has 0 saturated carbocycles. The van der Waals surface area contributed by atoms with Crippen LogP contribution in [0.2, 0.25) is 0 Å². The Kier molecular flexibility index (Phi) is 3.95. The minimum atomic E-state index is -1.01. The van der Waals surface area contributed by atoms with Crippen LogP contribution in [0.4, 0.5) is 0 Å². The SMILES string of the molecule is Cn1cc(C2CN(C(=O)c3ccc(C(=O)O)s3)CCO2)cn1. The summed E-state index contributed by atoms with van der Waals surface area (Å²) in [6.07, 6.45) is 3.39. The number of aromatic nitrogens is 2. The molecule has 0 radical (unpaired) electrons. The van der Waals surface area contributed by atoms with Crippen molar-refractivity contribution in [3.8, 4) is 0 Å². The highest BCUT2D eigenvalue weighted by Crippen LogP contribution is 2.25. The average Bonchev–Trinajstić information content (AvgIpc) is 3.15. The Balaban J connectivity index is 1.73. The maximum absolute atomic E-state index is 12.5. The van der Waals surface area contributed by atoms with E-state index in [0.717, 1.165) is 16.9 Å². The lowest BCUT2D eigenvalue weighted by Gasteiger charge is -2.32. The van der Waals surface area contributed by atoms with Gasteiger partial charge in [-0.05, 0) is 12.1 Å². The van der Waals surface area contributed by atoms with Crippen LogP contribution in [0.1, 0.15) is 31.0 Å². The van der Waals surface area contributed by atoms with E-state index in [1.165, 1.54) is 6.07 Å². The molecule has 1 amide bonds. The minimum absolute atomic E-state index is 0.158. The van der Waals surface area contributed by atoms with Crippen LogP contribution in [0.25, 0.3) is 0 Å². The molecule has 7 nitrogen and oxygen atoms in total. The fourth-order valence-electron chi connectivity index (χ4n) is 2.37. The molecule has 1 aliphatic heterocycles. The van der Waals surface area contributed by atoms with E-state index in [1.54, 1.807) is 21.8 Å². The molecule has 22 heavy (non-hydrogen) atoms. The third-order valence-electron chi connectivity index (χ3n) is 3.48. The Hall–Kier alpha value is -2.19. The number of carbonyl (C=O) groups is 2. The van der Waals surface area contributed by atoms with Gasteiger partial charge in [0.05, 0.1) is 24.2 Å². The van der Waals surface area contributed by atoms with Gasteiger partial charge in [0.2, 0.25) is 0 Å². The van der Waals surface area contributed by atoms with E-state index >= 15 is 0 Å². The Labute approximate surface area is 130 Å². The smallest absolute Gasteiger partial charge is 0.345 e. The van der Waals surface area contributed by atoms with E-state index in [0.29, 0.717) is 24.6 Å². The third-order valence-corrected chi connectivity index (χ3v) is 4.54. The van der Waals surface area contributed by atoms with Gasteiger partial charge in [0.1, 0.15) is 11.0 Å². The van der Waals surface area contributed by atoms with Crippen molar-refractivity contribution >= 4 is 23.2 Å². The molecule has 1 atom stereocenters. The highest BCUT2D eigenvalue weighted by atomic mass is 32.1. The van der Waals surface area contributed by atoms with Crippen molar-refractivity contribution in [3.63, 3.8) is 0 Å². The van der Waals surface area contributed by atoms with Crippen molar-refractivity contribution in [2.75, 3.05) is 19.7 Å². The van der Waals surface area contributed by atoms with Gasteiger partial charge in [0.15, 0.2) is 0 Å². The van der Waals surface area contributed by atoms with Crippen molar-refractivity contribution < 1.29 is 19.4 Å². The normalized spacial score (nSPS) is 18.4. The summed E-state index contributed by atoms with van der Waals surface area (Å²) >= 11 is 0.996. The van der Waals surface area contributed by atoms with Crippen LogP contribution in [0, 0.1) is 0 Å². The predicted molar refractivity (Wildman–Crippen MR) is 79.1 cm³/mol. The lowest BCUT2D eigenvalue weighted by molar-refractivity contribution is -0.0226. The molecule has 2 aromatic heterocycles. The van der Waals surface area contributed by atoms with Crippen LogP contribution in [0.15, 0.2) is 24.5 Å². The quantitative estimate of drug-likeness (QED) is 0.923. The van der Waals surface area contributed by atoms with Gasteiger partial charge in [-0.2, -0.15) is 5.10 Å². The van der Waals surface area contributed by atoms with Crippen molar-refractivity contribution in [2.45, 2.75) is 6.10 Å². The summed E-state index contributed by atoms with van der Waals surface area (Å²) in [5.41, 5.74) is 0.928. The molecule has 3 rings (SSSR count). The fraction of sp³-hybridized carbons (Fsp3) is 0.357. The van der Waals surface area contributed by atoms with Gasteiger partial charge in [-0.3, -0.25) is 9.48 Å². The molecule has 1 N–H and O–H groups in total. The zero-order chi connectivity index (χ0) is 15.7. The molecule has 0 bridgehead atoms. The van der Waals surface area contributed by atoms with Gasteiger partial charge in [-0.15, -0.1) is 11.3 Å². The molecule has 8 heteroatoms. The second kappa shape index (κ2) is 5.90. The number of carboxylic acid groups (broad SMARTS) is 1. The number of morpholine rings is 1. The molecule has 3 heterocycles. The minimum Gasteiger partial charge on any atom is -0.477 e. The zero-order valence-corrected chi connectivity index (χ0v) is 12.7. The molecule has 1 unspecified atom stereocenters. The summed E-state index contributed by atoms with van der Waals surface area (Å²) in [6.45, 7) is 1.38. The molecular formula is C14H15N3O4S. The first kappa shape index (κ1) is 14.7. The number of rotatable bonds is 3. The van der Waals surface area contributed by atoms with E-state index < -0.39 is 5.97 Å². The van der Waals surface area contributed by atoms with Gasteiger partial charge in [-0.1, -0.05) is 0 Å². The van der Waals surface area contributed by atoms with Crippen LogP contribution >= 0.6 is 11.3 Å². The highest BCUT2D eigenvalue weighted by molar-refractivity contribution is 7.15. The number of nitrogens with zero attached hydrogens (tertiary/aromatic N) is 3. The maximum atomic E-state index is 12.5. The molecule has 1 saturated heterocycles. The van der Waals surface area contributed by atoms with Crippen molar-refractivity contribution in [3.05, 3.63) is 39.8 Å². The second-order valence-corrected chi connectivity index (χ2v) is 6.11. The number of carboxylic acids is 1. The van der Waals surface area contributed by atoms with Crippen molar-refractivity contribution in [1.82, 2.24) is 14.7 Å². The topological polar surface area (TPSA) is 84.7 Å². The molecule has 0 aromatic carbocycles. The van der Waals surface area contributed by atoms with Gasteiger partial charge in [0.25, 0.3) is 5.91 Å². The first-order chi connectivity index (χ1) is 10.5. The molecule has 0 spiro atoms. The first-order valence-corrected chi connectivity index (χ1v) is 7.59. The fourth-order valence-corrected chi connectivity index (χ4v) is 3.18. The van der Waals surface area contributed by atoms with E-state index in [2.05, 4.69) is 5.10 Å². The highest BCUT2D eigenvalue weighted by Gasteiger charge is 2.28. The summed E-state index contributed by atoms with van der Waals surface area (Å²) in [4.78, 5) is 25.7. The summed E-state index contributed by atoms with van der Waals surface area (Å²) in [5, 5.41) is 13.1. The molecule has 116 valence electrons. The summed E-state index contributed by atoms with van der Waals surface area (Å²) in [6, 6.07) is 3.02. The number of hydrogen-bond acceptors (Lipinski definition) is 5. The second-order valence-electron chi connectivity index (χ2n) is 5.03. The van der Waals surface area contributed by atoms with Gasteiger partial charge >= 0.3 is 5.97 Å².